The number of halogens is 3. The molecule has 1 aromatic rings. The Hall–Kier alpha value is -0.920. The zero-order chi connectivity index (χ0) is 16.1. The van der Waals surface area contributed by atoms with Gasteiger partial charge in [-0.25, -0.2) is 4.39 Å². The van der Waals surface area contributed by atoms with Crippen molar-refractivity contribution >= 4 is 30.7 Å². The first-order chi connectivity index (χ1) is 11.2. The number of ether oxygens (including phenoxy) is 1. The fraction of sp³-hybridized carbons (Fsp3) is 0.588. The minimum Gasteiger partial charge on any atom is -0.366 e. The monoisotopic (exact) mass is 393 g/mol. The molecule has 0 bridgehead atoms. The van der Waals surface area contributed by atoms with Crippen LogP contribution in [0.1, 0.15) is 18.4 Å². The Labute approximate surface area is 160 Å². The van der Waals surface area contributed by atoms with Crippen molar-refractivity contribution in [3.63, 3.8) is 0 Å². The van der Waals surface area contributed by atoms with Crippen molar-refractivity contribution in [1.82, 2.24) is 15.5 Å². The van der Waals surface area contributed by atoms with Crippen molar-refractivity contribution in [1.29, 1.82) is 0 Å². The molecule has 25 heavy (non-hydrogen) atoms. The van der Waals surface area contributed by atoms with Crippen LogP contribution < -0.4 is 10.6 Å². The van der Waals surface area contributed by atoms with Crippen molar-refractivity contribution in [3.8, 4) is 0 Å². The van der Waals surface area contributed by atoms with E-state index in [0.717, 1.165) is 44.6 Å². The van der Waals surface area contributed by atoms with Crippen molar-refractivity contribution < 1.29 is 13.9 Å². The smallest absolute Gasteiger partial charge is 0.250 e. The number of amides is 1. The standard InChI is InChI=1S/C17H24FN3O2.2ClH/c18-14-3-1-13(2-4-14)12-21-8-5-15(6-9-21)20-17(22)16-11-19-7-10-23-16;;/h1-4,15-16,19H,5-12H2,(H,20,22);2*1H. The Morgan fingerprint density at radius 2 is 1.92 bits per heavy atom. The van der Waals surface area contributed by atoms with Gasteiger partial charge in [0.15, 0.2) is 0 Å². The zero-order valence-corrected chi connectivity index (χ0v) is 15.7. The van der Waals surface area contributed by atoms with Gasteiger partial charge in [-0.15, -0.1) is 24.8 Å². The summed E-state index contributed by atoms with van der Waals surface area (Å²) < 4.78 is 18.4. The van der Waals surface area contributed by atoms with Crippen LogP contribution in [0, 0.1) is 5.82 Å². The first kappa shape index (κ1) is 22.1. The van der Waals surface area contributed by atoms with E-state index in [9.17, 15) is 9.18 Å². The van der Waals surface area contributed by atoms with Crippen LogP contribution in [0.2, 0.25) is 0 Å². The van der Waals surface area contributed by atoms with E-state index < -0.39 is 0 Å². The summed E-state index contributed by atoms with van der Waals surface area (Å²) in [6.07, 6.45) is 1.51. The molecule has 142 valence electrons. The lowest BCUT2D eigenvalue weighted by Gasteiger charge is -2.33. The molecule has 0 aromatic heterocycles. The minimum atomic E-state index is -0.360. The number of benzene rings is 1. The number of carbonyl (C=O) groups is 1. The van der Waals surface area contributed by atoms with E-state index in [4.69, 9.17) is 4.74 Å². The van der Waals surface area contributed by atoms with Gasteiger partial charge in [0.25, 0.3) is 5.91 Å². The summed E-state index contributed by atoms with van der Waals surface area (Å²) in [5.74, 6) is -0.205. The molecule has 8 heteroatoms. The average molecular weight is 394 g/mol. The Morgan fingerprint density at radius 1 is 1.24 bits per heavy atom. The van der Waals surface area contributed by atoms with Gasteiger partial charge in [0.2, 0.25) is 0 Å². The largest absolute Gasteiger partial charge is 0.366 e. The summed E-state index contributed by atoms with van der Waals surface area (Å²) in [7, 11) is 0. The molecule has 0 saturated carbocycles. The molecule has 0 radical (unpaired) electrons. The quantitative estimate of drug-likeness (QED) is 0.817. The molecule has 2 saturated heterocycles. The third-order valence-corrected chi connectivity index (χ3v) is 4.47. The van der Waals surface area contributed by atoms with Crippen LogP contribution in [-0.4, -0.2) is 55.7 Å². The lowest BCUT2D eigenvalue weighted by molar-refractivity contribution is -0.135. The second-order valence-electron chi connectivity index (χ2n) is 6.25. The number of nitrogens with one attached hydrogen (secondary N) is 2. The number of likely N-dealkylation sites (tertiary alicyclic amines) is 1. The highest BCUT2D eigenvalue weighted by molar-refractivity contribution is 5.85. The Kier molecular flexibility index (Phi) is 9.67. The molecule has 1 atom stereocenters. The Balaban J connectivity index is 0.00000156. The fourth-order valence-electron chi connectivity index (χ4n) is 3.11. The summed E-state index contributed by atoms with van der Waals surface area (Å²) >= 11 is 0. The molecule has 1 unspecified atom stereocenters. The maximum Gasteiger partial charge on any atom is 0.250 e. The molecule has 0 spiro atoms. The van der Waals surface area contributed by atoms with Gasteiger partial charge >= 0.3 is 0 Å². The second kappa shape index (κ2) is 10.9. The van der Waals surface area contributed by atoms with Crippen molar-refractivity contribution in [2.45, 2.75) is 31.5 Å². The molecule has 3 rings (SSSR count). The van der Waals surface area contributed by atoms with Gasteiger partial charge in [-0.2, -0.15) is 0 Å². The van der Waals surface area contributed by atoms with E-state index in [-0.39, 0.29) is 48.7 Å². The van der Waals surface area contributed by atoms with Gasteiger partial charge in [0.05, 0.1) is 6.61 Å². The molecule has 2 aliphatic rings. The highest BCUT2D eigenvalue weighted by atomic mass is 35.5. The van der Waals surface area contributed by atoms with E-state index in [1.807, 2.05) is 12.1 Å². The van der Waals surface area contributed by atoms with E-state index in [1.54, 1.807) is 0 Å². The van der Waals surface area contributed by atoms with Crippen molar-refractivity contribution in [3.05, 3.63) is 35.6 Å². The van der Waals surface area contributed by atoms with Crippen molar-refractivity contribution in [2.75, 3.05) is 32.8 Å². The molecule has 0 aliphatic carbocycles. The number of rotatable bonds is 4. The molecular weight excluding hydrogens is 368 g/mol. The number of morpholine rings is 1. The highest BCUT2D eigenvalue weighted by Crippen LogP contribution is 2.14. The third kappa shape index (κ3) is 6.72. The van der Waals surface area contributed by atoms with Crippen LogP contribution in [0.5, 0.6) is 0 Å². The van der Waals surface area contributed by atoms with Crippen LogP contribution >= 0.6 is 24.8 Å². The van der Waals surface area contributed by atoms with E-state index >= 15 is 0 Å². The summed E-state index contributed by atoms with van der Waals surface area (Å²) in [6, 6.07) is 6.88. The summed E-state index contributed by atoms with van der Waals surface area (Å²) in [5.41, 5.74) is 1.12. The molecule has 1 amide bonds. The van der Waals surface area contributed by atoms with Crippen LogP contribution in [0.4, 0.5) is 4.39 Å². The fourth-order valence-corrected chi connectivity index (χ4v) is 3.11. The minimum absolute atomic E-state index is 0. The van der Waals surface area contributed by atoms with Gasteiger partial charge in [0, 0.05) is 38.8 Å². The van der Waals surface area contributed by atoms with Crippen LogP contribution in [-0.2, 0) is 16.1 Å². The molecule has 5 nitrogen and oxygen atoms in total. The summed E-state index contributed by atoms with van der Waals surface area (Å²) in [5, 5.41) is 6.27. The molecule has 1 aromatic carbocycles. The van der Waals surface area contributed by atoms with Gasteiger partial charge in [-0.3, -0.25) is 9.69 Å². The zero-order valence-electron chi connectivity index (χ0n) is 14.1. The van der Waals surface area contributed by atoms with E-state index in [2.05, 4.69) is 15.5 Å². The SMILES string of the molecule is Cl.Cl.O=C(NC1CCN(Cc2ccc(F)cc2)CC1)C1CNCCO1. The maximum absolute atomic E-state index is 12.9. The summed E-state index contributed by atoms with van der Waals surface area (Å²) in [6.45, 7) is 4.70. The number of nitrogens with zero attached hydrogens (tertiary/aromatic N) is 1. The second-order valence-corrected chi connectivity index (χ2v) is 6.25. The maximum atomic E-state index is 12.9. The number of hydrogen-bond donors (Lipinski definition) is 2. The predicted octanol–water partition coefficient (Wildman–Crippen LogP) is 1.74. The number of hydrogen-bond acceptors (Lipinski definition) is 4. The molecule has 2 heterocycles. The predicted molar refractivity (Wildman–Crippen MR) is 99.9 cm³/mol. The lowest BCUT2D eigenvalue weighted by atomic mass is 10.0. The third-order valence-electron chi connectivity index (χ3n) is 4.47. The molecule has 2 N–H and O–H groups in total. The first-order valence-corrected chi connectivity index (χ1v) is 8.30. The topological polar surface area (TPSA) is 53.6 Å². The van der Waals surface area contributed by atoms with Crippen LogP contribution in [0.25, 0.3) is 0 Å². The highest BCUT2D eigenvalue weighted by Gasteiger charge is 2.26. The number of carbonyl (C=O) groups excluding carboxylic acids is 1. The Bertz CT molecular complexity index is 519. The number of piperidine rings is 1. The molecule has 2 fully saturated rings. The molecular formula is C17H26Cl2FN3O2. The summed E-state index contributed by atoms with van der Waals surface area (Å²) in [4.78, 5) is 14.5. The Morgan fingerprint density at radius 3 is 2.52 bits per heavy atom. The first-order valence-electron chi connectivity index (χ1n) is 8.30. The lowest BCUT2D eigenvalue weighted by Crippen LogP contribution is -2.52. The van der Waals surface area contributed by atoms with E-state index in [0.29, 0.717) is 13.2 Å². The van der Waals surface area contributed by atoms with Gasteiger partial charge in [-0.1, -0.05) is 12.1 Å². The molecule has 2 aliphatic heterocycles. The average Bonchev–Trinajstić information content (AvgIpc) is 2.59. The van der Waals surface area contributed by atoms with Crippen molar-refractivity contribution in [2.24, 2.45) is 0 Å². The van der Waals surface area contributed by atoms with E-state index in [1.165, 1.54) is 12.1 Å². The van der Waals surface area contributed by atoms with Gasteiger partial charge < -0.3 is 15.4 Å². The van der Waals surface area contributed by atoms with Gasteiger partial charge in [-0.05, 0) is 30.5 Å². The van der Waals surface area contributed by atoms with Crippen LogP contribution in [0.3, 0.4) is 0 Å². The van der Waals surface area contributed by atoms with Crippen LogP contribution in [0.15, 0.2) is 24.3 Å². The normalized spacial score (nSPS) is 21.7. The van der Waals surface area contributed by atoms with Gasteiger partial charge in [0.1, 0.15) is 11.9 Å².